The first-order valence-corrected chi connectivity index (χ1v) is 12.9. The summed E-state index contributed by atoms with van der Waals surface area (Å²) in [5, 5.41) is 21.6. The van der Waals surface area contributed by atoms with Gasteiger partial charge in [-0.15, -0.1) is 0 Å². The van der Waals surface area contributed by atoms with Crippen molar-refractivity contribution in [1.29, 1.82) is 5.26 Å². The van der Waals surface area contributed by atoms with Crippen LogP contribution in [0.3, 0.4) is 0 Å². The van der Waals surface area contributed by atoms with Crippen molar-refractivity contribution in [1.82, 2.24) is 0 Å². The van der Waals surface area contributed by atoms with E-state index in [1.165, 1.54) is 25.3 Å². The number of aromatic hydroxyl groups is 1. The zero-order chi connectivity index (χ0) is 29.0. The van der Waals surface area contributed by atoms with E-state index in [9.17, 15) is 15.2 Å². The van der Waals surface area contributed by atoms with Crippen LogP contribution in [0, 0.1) is 11.3 Å². The molecule has 0 saturated carbocycles. The van der Waals surface area contributed by atoms with Gasteiger partial charge >= 0.3 is 0 Å². The van der Waals surface area contributed by atoms with Crippen LogP contribution in [0.5, 0.6) is 28.7 Å². The minimum Gasteiger partial charge on any atom is -0.508 e. The van der Waals surface area contributed by atoms with Crippen LogP contribution in [0.2, 0.25) is 0 Å². The SMILES string of the molecule is CCOc1cc(COc2ccc(/C=C(\C#N)C(=O)Nc3ccc(O)cc3)cc2OC)ccc1OCc1ccccc1. The Balaban J connectivity index is 1.43. The van der Waals surface area contributed by atoms with Crippen molar-refractivity contribution >= 4 is 17.7 Å². The number of phenolic OH excluding ortho intramolecular Hbond substituents is 1. The van der Waals surface area contributed by atoms with Gasteiger partial charge in [-0.05, 0) is 78.2 Å². The van der Waals surface area contributed by atoms with Crippen molar-refractivity contribution in [2.75, 3.05) is 19.0 Å². The second-order valence-corrected chi connectivity index (χ2v) is 8.86. The van der Waals surface area contributed by atoms with E-state index in [0.717, 1.165) is 11.1 Å². The number of ether oxygens (including phenoxy) is 4. The highest BCUT2D eigenvalue weighted by Gasteiger charge is 2.13. The summed E-state index contributed by atoms with van der Waals surface area (Å²) in [6.07, 6.45) is 1.46. The molecule has 0 aliphatic heterocycles. The molecular weight excluding hydrogens is 520 g/mol. The lowest BCUT2D eigenvalue weighted by atomic mass is 10.1. The van der Waals surface area contributed by atoms with Gasteiger partial charge < -0.3 is 29.4 Å². The third-order valence-corrected chi connectivity index (χ3v) is 5.93. The molecular formula is C33H30N2O6. The summed E-state index contributed by atoms with van der Waals surface area (Å²) in [7, 11) is 1.52. The number of carbonyl (C=O) groups excluding carboxylic acids is 1. The van der Waals surface area contributed by atoms with E-state index in [1.807, 2.05) is 61.5 Å². The normalized spacial score (nSPS) is 10.8. The van der Waals surface area contributed by atoms with E-state index in [1.54, 1.807) is 30.3 Å². The van der Waals surface area contributed by atoms with E-state index in [4.69, 9.17) is 18.9 Å². The van der Waals surface area contributed by atoms with Gasteiger partial charge in [0.15, 0.2) is 23.0 Å². The molecule has 2 N–H and O–H groups in total. The summed E-state index contributed by atoms with van der Waals surface area (Å²) in [5.41, 5.74) is 2.90. The van der Waals surface area contributed by atoms with Crippen molar-refractivity contribution in [3.63, 3.8) is 0 Å². The van der Waals surface area contributed by atoms with Crippen LogP contribution in [0.15, 0.2) is 96.6 Å². The Morgan fingerprint density at radius 1 is 0.829 bits per heavy atom. The fourth-order valence-corrected chi connectivity index (χ4v) is 3.88. The third-order valence-electron chi connectivity index (χ3n) is 5.93. The Morgan fingerprint density at radius 3 is 2.20 bits per heavy atom. The van der Waals surface area contributed by atoms with Crippen LogP contribution in [-0.4, -0.2) is 24.7 Å². The molecule has 0 aliphatic rings. The molecule has 0 fully saturated rings. The van der Waals surface area contributed by atoms with Crippen molar-refractivity contribution in [3.05, 3.63) is 113 Å². The summed E-state index contributed by atoms with van der Waals surface area (Å²) in [4.78, 5) is 12.6. The first-order chi connectivity index (χ1) is 20.0. The molecule has 4 rings (SSSR count). The van der Waals surface area contributed by atoms with Gasteiger partial charge in [0, 0.05) is 5.69 Å². The van der Waals surface area contributed by atoms with Gasteiger partial charge in [-0.1, -0.05) is 42.5 Å². The number of nitrogens with one attached hydrogen (secondary N) is 1. The molecule has 0 bridgehead atoms. The fraction of sp³-hybridized carbons (Fsp3) is 0.152. The molecule has 0 atom stereocenters. The van der Waals surface area contributed by atoms with Gasteiger partial charge in [-0.25, -0.2) is 0 Å². The number of rotatable bonds is 12. The predicted molar refractivity (Wildman–Crippen MR) is 156 cm³/mol. The summed E-state index contributed by atoms with van der Waals surface area (Å²) in [5.74, 6) is 1.73. The third kappa shape index (κ3) is 8.04. The number of carbonyl (C=O) groups is 1. The number of hydrogen-bond donors (Lipinski definition) is 2. The number of phenols is 1. The second-order valence-electron chi connectivity index (χ2n) is 8.86. The zero-order valence-corrected chi connectivity index (χ0v) is 22.8. The zero-order valence-electron chi connectivity index (χ0n) is 22.8. The molecule has 0 spiro atoms. The van der Waals surface area contributed by atoms with E-state index < -0.39 is 5.91 Å². The monoisotopic (exact) mass is 550 g/mol. The molecule has 0 unspecified atom stereocenters. The van der Waals surface area contributed by atoms with Crippen LogP contribution < -0.4 is 24.3 Å². The topological polar surface area (TPSA) is 110 Å². The molecule has 1 amide bonds. The number of methoxy groups -OCH3 is 1. The number of anilines is 1. The summed E-state index contributed by atoms with van der Waals surface area (Å²) in [6.45, 7) is 3.09. The Kier molecular flexibility index (Phi) is 9.83. The number of benzene rings is 4. The first kappa shape index (κ1) is 28.6. The summed E-state index contributed by atoms with van der Waals surface area (Å²) < 4.78 is 23.3. The minimum atomic E-state index is -0.571. The average Bonchev–Trinajstić information content (AvgIpc) is 3.00. The average molecular weight is 551 g/mol. The maximum atomic E-state index is 12.6. The Hall–Kier alpha value is -5.42. The van der Waals surface area contributed by atoms with Crippen LogP contribution in [0.1, 0.15) is 23.6 Å². The molecule has 4 aromatic rings. The van der Waals surface area contributed by atoms with Crippen LogP contribution in [0.4, 0.5) is 5.69 Å². The Morgan fingerprint density at radius 2 is 1.51 bits per heavy atom. The van der Waals surface area contributed by atoms with E-state index >= 15 is 0 Å². The van der Waals surface area contributed by atoms with Crippen LogP contribution in [0.25, 0.3) is 6.08 Å². The van der Waals surface area contributed by atoms with Crippen molar-refractivity contribution in [3.8, 4) is 34.8 Å². The lowest BCUT2D eigenvalue weighted by molar-refractivity contribution is -0.112. The van der Waals surface area contributed by atoms with Gasteiger partial charge in [-0.3, -0.25) is 4.79 Å². The van der Waals surface area contributed by atoms with Gasteiger partial charge in [0.1, 0.15) is 30.6 Å². The quantitative estimate of drug-likeness (QED) is 0.118. The van der Waals surface area contributed by atoms with Gasteiger partial charge in [-0.2, -0.15) is 5.26 Å². The van der Waals surface area contributed by atoms with Crippen LogP contribution >= 0.6 is 0 Å². The van der Waals surface area contributed by atoms with E-state index in [0.29, 0.717) is 47.5 Å². The predicted octanol–water partition coefficient (Wildman–Crippen LogP) is 6.50. The highest BCUT2D eigenvalue weighted by atomic mass is 16.5. The van der Waals surface area contributed by atoms with Crippen LogP contribution in [-0.2, 0) is 18.0 Å². The number of hydrogen-bond acceptors (Lipinski definition) is 7. The number of nitrogens with zero attached hydrogens (tertiary/aromatic N) is 1. The second kappa shape index (κ2) is 14.1. The number of amides is 1. The molecule has 8 heteroatoms. The first-order valence-electron chi connectivity index (χ1n) is 12.9. The molecule has 0 aromatic heterocycles. The number of nitriles is 1. The van der Waals surface area contributed by atoms with E-state index in [-0.39, 0.29) is 17.9 Å². The molecule has 41 heavy (non-hydrogen) atoms. The van der Waals surface area contributed by atoms with Gasteiger partial charge in [0.25, 0.3) is 5.91 Å². The Bertz CT molecular complexity index is 1540. The highest BCUT2D eigenvalue weighted by Crippen LogP contribution is 2.32. The molecule has 208 valence electrons. The largest absolute Gasteiger partial charge is 0.508 e. The maximum Gasteiger partial charge on any atom is 0.266 e. The fourth-order valence-electron chi connectivity index (χ4n) is 3.88. The molecule has 8 nitrogen and oxygen atoms in total. The smallest absolute Gasteiger partial charge is 0.266 e. The highest BCUT2D eigenvalue weighted by molar-refractivity contribution is 6.09. The maximum absolute atomic E-state index is 12.6. The lowest BCUT2D eigenvalue weighted by Crippen LogP contribution is -2.13. The molecule has 0 aliphatic carbocycles. The molecule has 0 saturated heterocycles. The molecule has 4 aromatic carbocycles. The van der Waals surface area contributed by atoms with Crippen molar-refractivity contribution in [2.24, 2.45) is 0 Å². The van der Waals surface area contributed by atoms with E-state index in [2.05, 4.69) is 5.32 Å². The van der Waals surface area contributed by atoms with Gasteiger partial charge in [0.2, 0.25) is 0 Å². The summed E-state index contributed by atoms with van der Waals surface area (Å²) in [6, 6.07) is 28.6. The minimum absolute atomic E-state index is 0.0769. The van der Waals surface area contributed by atoms with Crippen molar-refractivity contribution < 1.29 is 28.8 Å². The standard InChI is InChI=1S/C33H30N2O6/c1-3-39-32-19-25(10-16-30(32)40-21-23-7-5-4-6-8-23)22-41-29-15-9-24(18-31(29)38-2)17-26(20-34)33(37)35-27-11-13-28(36)14-12-27/h4-19,36H,3,21-22H2,1-2H3,(H,35,37)/b26-17+. The Labute approximate surface area is 239 Å². The van der Waals surface area contributed by atoms with Gasteiger partial charge in [0.05, 0.1) is 13.7 Å². The molecule has 0 heterocycles. The van der Waals surface area contributed by atoms with Crippen molar-refractivity contribution in [2.45, 2.75) is 20.1 Å². The molecule has 0 radical (unpaired) electrons. The summed E-state index contributed by atoms with van der Waals surface area (Å²) >= 11 is 0. The lowest BCUT2D eigenvalue weighted by Gasteiger charge is -2.15.